The Kier molecular flexibility index (Phi) is 4.34. The summed E-state index contributed by atoms with van der Waals surface area (Å²) in [5, 5.41) is 17.4. The molecule has 1 aromatic heterocycles. The first-order valence-corrected chi connectivity index (χ1v) is 6.34. The number of carboxylic acids is 1. The van der Waals surface area contributed by atoms with Crippen LogP contribution in [0, 0.1) is 0 Å². The highest BCUT2D eigenvalue weighted by Gasteiger charge is 2.22. The third kappa shape index (κ3) is 4.08. The van der Waals surface area contributed by atoms with E-state index in [0.717, 1.165) is 18.9 Å². The largest absolute Gasteiger partial charge is 0.475 e. The summed E-state index contributed by atoms with van der Waals surface area (Å²) in [6, 6.07) is 1.39. The van der Waals surface area contributed by atoms with Crippen LogP contribution in [0.3, 0.4) is 0 Å². The number of nitrogens with zero attached hydrogens (tertiary/aromatic N) is 1. The fourth-order valence-electron chi connectivity index (χ4n) is 1.55. The van der Waals surface area contributed by atoms with E-state index in [1.807, 2.05) is 0 Å². The van der Waals surface area contributed by atoms with Crippen LogP contribution in [0.4, 0.5) is 0 Å². The number of carbonyl (C=O) groups is 3. The third-order valence-corrected chi connectivity index (χ3v) is 2.76. The molecule has 0 aromatic carbocycles. The van der Waals surface area contributed by atoms with Crippen LogP contribution in [0.2, 0.25) is 0 Å². The van der Waals surface area contributed by atoms with E-state index in [0.29, 0.717) is 25.4 Å². The molecule has 8 nitrogen and oxygen atoms in total. The standard InChI is InChI=1S/C12H15N3O5/c16-10(14-7-3-4-7)2-1-5-13-11(17)8-6-9(12(18)19)20-15-8/h6-7H,1-5H2,(H,13,17)(H,14,16)(H,18,19). The molecule has 1 aromatic rings. The highest BCUT2D eigenvalue weighted by molar-refractivity contribution is 5.94. The van der Waals surface area contributed by atoms with Gasteiger partial charge in [0, 0.05) is 25.1 Å². The maximum Gasteiger partial charge on any atom is 0.374 e. The van der Waals surface area contributed by atoms with E-state index in [4.69, 9.17) is 5.11 Å². The van der Waals surface area contributed by atoms with E-state index in [-0.39, 0.29) is 17.4 Å². The number of nitrogens with one attached hydrogen (secondary N) is 2. The first kappa shape index (κ1) is 14.0. The van der Waals surface area contributed by atoms with Gasteiger partial charge in [-0.05, 0) is 19.3 Å². The molecule has 0 saturated heterocycles. The average Bonchev–Trinajstić information content (AvgIpc) is 3.07. The Hall–Kier alpha value is -2.38. The molecule has 0 aliphatic heterocycles. The van der Waals surface area contributed by atoms with Crippen molar-refractivity contribution in [3.05, 3.63) is 17.5 Å². The van der Waals surface area contributed by atoms with Gasteiger partial charge >= 0.3 is 5.97 Å². The fourth-order valence-corrected chi connectivity index (χ4v) is 1.55. The van der Waals surface area contributed by atoms with Crippen LogP contribution in [-0.2, 0) is 4.79 Å². The van der Waals surface area contributed by atoms with Crippen molar-refractivity contribution in [2.75, 3.05) is 6.54 Å². The van der Waals surface area contributed by atoms with Crippen LogP contribution in [-0.4, -0.2) is 40.6 Å². The van der Waals surface area contributed by atoms with Crippen molar-refractivity contribution in [2.45, 2.75) is 31.7 Å². The minimum atomic E-state index is -1.28. The number of aromatic carboxylic acids is 1. The number of carboxylic acid groups (broad SMARTS) is 1. The minimum Gasteiger partial charge on any atom is -0.475 e. The van der Waals surface area contributed by atoms with Gasteiger partial charge in [-0.1, -0.05) is 5.16 Å². The Balaban J connectivity index is 1.66. The molecule has 2 amide bonds. The van der Waals surface area contributed by atoms with Gasteiger partial charge < -0.3 is 20.3 Å². The Morgan fingerprint density at radius 2 is 2.15 bits per heavy atom. The summed E-state index contributed by atoms with van der Waals surface area (Å²) in [7, 11) is 0. The summed E-state index contributed by atoms with van der Waals surface area (Å²) in [6.45, 7) is 0.312. The van der Waals surface area contributed by atoms with Crippen molar-refractivity contribution in [3.63, 3.8) is 0 Å². The number of hydrogen-bond acceptors (Lipinski definition) is 5. The van der Waals surface area contributed by atoms with E-state index < -0.39 is 11.9 Å². The second-order valence-corrected chi connectivity index (χ2v) is 4.58. The molecule has 8 heteroatoms. The molecule has 1 aliphatic carbocycles. The monoisotopic (exact) mass is 281 g/mol. The molecule has 1 aliphatic rings. The van der Waals surface area contributed by atoms with Crippen molar-refractivity contribution < 1.29 is 24.0 Å². The third-order valence-electron chi connectivity index (χ3n) is 2.76. The Morgan fingerprint density at radius 3 is 2.75 bits per heavy atom. The summed E-state index contributed by atoms with van der Waals surface area (Å²) >= 11 is 0. The van der Waals surface area contributed by atoms with Gasteiger partial charge in [0.2, 0.25) is 11.7 Å². The van der Waals surface area contributed by atoms with E-state index in [2.05, 4.69) is 20.3 Å². The first-order valence-electron chi connectivity index (χ1n) is 6.34. The molecule has 0 atom stereocenters. The van der Waals surface area contributed by atoms with Crippen LogP contribution < -0.4 is 10.6 Å². The SMILES string of the molecule is O=C(CCCNC(=O)c1cc(C(=O)O)on1)NC1CC1. The molecule has 0 bridgehead atoms. The lowest BCUT2D eigenvalue weighted by Crippen LogP contribution is -2.28. The van der Waals surface area contributed by atoms with Crippen molar-refractivity contribution >= 4 is 17.8 Å². The molecule has 108 valence electrons. The number of rotatable bonds is 7. The van der Waals surface area contributed by atoms with Crippen LogP contribution in [0.25, 0.3) is 0 Å². The molecule has 20 heavy (non-hydrogen) atoms. The van der Waals surface area contributed by atoms with E-state index in [9.17, 15) is 14.4 Å². The minimum absolute atomic E-state index is 0.0173. The zero-order valence-electron chi connectivity index (χ0n) is 10.7. The van der Waals surface area contributed by atoms with E-state index in [1.54, 1.807) is 0 Å². The number of hydrogen-bond donors (Lipinski definition) is 3. The van der Waals surface area contributed by atoms with Crippen molar-refractivity contribution in [3.8, 4) is 0 Å². The second-order valence-electron chi connectivity index (χ2n) is 4.58. The molecule has 3 N–H and O–H groups in total. The lowest BCUT2D eigenvalue weighted by molar-refractivity contribution is -0.121. The summed E-state index contributed by atoms with van der Waals surface area (Å²) in [5.74, 6) is -2.22. The van der Waals surface area contributed by atoms with Gasteiger partial charge in [0.1, 0.15) is 0 Å². The Morgan fingerprint density at radius 1 is 1.40 bits per heavy atom. The average molecular weight is 281 g/mol. The zero-order valence-corrected chi connectivity index (χ0v) is 10.7. The van der Waals surface area contributed by atoms with Gasteiger partial charge in [0.05, 0.1) is 0 Å². The molecule has 2 rings (SSSR count). The molecule has 1 fully saturated rings. The van der Waals surface area contributed by atoms with Gasteiger partial charge in [-0.25, -0.2) is 4.79 Å². The highest BCUT2D eigenvalue weighted by atomic mass is 16.5. The van der Waals surface area contributed by atoms with Gasteiger partial charge in [-0.3, -0.25) is 9.59 Å². The lowest BCUT2D eigenvalue weighted by atomic mass is 10.3. The van der Waals surface area contributed by atoms with Crippen LogP contribution in [0.5, 0.6) is 0 Å². The number of amides is 2. The predicted molar refractivity (Wildman–Crippen MR) is 66.2 cm³/mol. The van der Waals surface area contributed by atoms with Crippen LogP contribution >= 0.6 is 0 Å². The van der Waals surface area contributed by atoms with Gasteiger partial charge in [-0.15, -0.1) is 0 Å². The zero-order chi connectivity index (χ0) is 14.5. The molecular weight excluding hydrogens is 266 g/mol. The first-order chi connectivity index (χ1) is 9.56. The Labute approximate surface area is 114 Å². The van der Waals surface area contributed by atoms with E-state index >= 15 is 0 Å². The van der Waals surface area contributed by atoms with Crippen LogP contribution in [0.1, 0.15) is 46.7 Å². The van der Waals surface area contributed by atoms with Crippen molar-refractivity contribution in [1.29, 1.82) is 0 Å². The predicted octanol–water partition coefficient (Wildman–Crippen LogP) is 0.161. The molecule has 0 unspecified atom stereocenters. The molecule has 0 spiro atoms. The number of carbonyl (C=O) groups excluding carboxylic acids is 2. The molecule has 1 heterocycles. The van der Waals surface area contributed by atoms with Crippen molar-refractivity contribution in [2.24, 2.45) is 0 Å². The maximum absolute atomic E-state index is 11.6. The molecular formula is C12H15N3O5. The van der Waals surface area contributed by atoms with Crippen molar-refractivity contribution in [1.82, 2.24) is 15.8 Å². The molecule has 1 saturated carbocycles. The smallest absolute Gasteiger partial charge is 0.374 e. The van der Waals surface area contributed by atoms with Gasteiger partial charge in [-0.2, -0.15) is 0 Å². The maximum atomic E-state index is 11.6. The topological polar surface area (TPSA) is 122 Å². The second kappa shape index (κ2) is 6.18. The highest BCUT2D eigenvalue weighted by Crippen LogP contribution is 2.18. The quantitative estimate of drug-likeness (QED) is 0.612. The summed E-state index contributed by atoms with van der Waals surface area (Å²) in [4.78, 5) is 33.5. The summed E-state index contributed by atoms with van der Waals surface area (Å²) in [6.07, 6.45) is 2.94. The van der Waals surface area contributed by atoms with Gasteiger partial charge in [0.25, 0.3) is 5.91 Å². The summed E-state index contributed by atoms with van der Waals surface area (Å²) in [5.41, 5.74) is -0.0927. The Bertz CT molecular complexity index is 521. The summed E-state index contributed by atoms with van der Waals surface area (Å²) < 4.78 is 4.47. The fraction of sp³-hybridized carbons (Fsp3) is 0.500. The van der Waals surface area contributed by atoms with E-state index in [1.165, 1.54) is 0 Å². The normalized spacial score (nSPS) is 13.8. The molecule has 0 radical (unpaired) electrons. The van der Waals surface area contributed by atoms with Crippen LogP contribution in [0.15, 0.2) is 10.6 Å². The number of aromatic nitrogens is 1. The van der Waals surface area contributed by atoms with Gasteiger partial charge in [0.15, 0.2) is 5.69 Å². The lowest BCUT2D eigenvalue weighted by Gasteiger charge is -2.04.